The Morgan fingerprint density at radius 1 is 1.15 bits per heavy atom. The quantitative estimate of drug-likeness (QED) is 0.458. The van der Waals surface area contributed by atoms with E-state index in [1.807, 2.05) is 0 Å². The van der Waals surface area contributed by atoms with Crippen molar-refractivity contribution in [2.75, 3.05) is 0 Å². The van der Waals surface area contributed by atoms with Gasteiger partial charge in [-0.05, 0) is 98.4 Å². The van der Waals surface area contributed by atoms with Gasteiger partial charge in [0.25, 0.3) is 0 Å². The fraction of sp³-hybridized carbons (Fsp3) is 0.864. The molecule has 3 saturated carbocycles. The van der Waals surface area contributed by atoms with Crippen LogP contribution >= 0.6 is 22.6 Å². The summed E-state index contributed by atoms with van der Waals surface area (Å²) in [4.78, 5) is 0. The van der Waals surface area contributed by atoms with E-state index in [4.69, 9.17) is 4.74 Å². The Morgan fingerprint density at radius 2 is 1.96 bits per heavy atom. The van der Waals surface area contributed by atoms with Crippen LogP contribution in [0.1, 0.15) is 70.6 Å². The van der Waals surface area contributed by atoms with Crippen LogP contribution in [0.25, 0.3) is 0 Å². The molecule has 0 aliphatic heterocycles. The van der Waals surface area contributed by atoms with Crippen molar-refractivity contribution in [1.29, 1.82) is 0 Å². The third kappa shape index (κ3) is 2.49. The third-order valence-electron chi connectivity index (χ3n) is 9.16. The number of halogens is 1. The van der Waals surface area contributed by atoms with Crippen LogP contribution in [0, 0.1) is 34.5 Å². The Bertz CT molecular complexity index is 687. The van der Waals surface area contributed by atoms with Crippen LogP contribution in [0.5, 0.6) is 0 Å². The van der Waals surface area contributed by atoms with Crippen molar-refractivity contribution in [1.82, 2.24) is 10.2 Å². The Balaban J connectivity index is 1.43. The number of hydrogen-bond donors (Lipinski definition) is 1. The summed E-state index contributed by atoms with van der Waals surface area (Å²) >= 11 is 2.43. The maximum atomic E-state index is 6.41. The van der Waals surface area contributed by atoms with Gasteiger partial charge in [-0.1, -0.05) is 36.4 Å². The fourth-order valence-corrected chi connectivity index (χ4v) is 8.23. The summed E-state index contributed by atoms with van der Waals surface area (Å²) in [6.45, 7) is 7.39. The van der Waals surface area contributed by atoms with E-state index in [0.29, 0.717) is 21.0 Å². The van der Waals surface area contributed by atoms with E-state index in [9.17, 15) is 0 Å². The molecule has 1 aromatic rings. The van der Waals surface area contributed by atoms with E-state index in [0.717, 1.165) is 23.7 Å². The number of hydrogen-bond acceptors (Lipinski definition) is 2. The standard InChI is InChI=1S/C22H33IN2O/c1-13(23)26-20-7-6-17-16-5-4-15-10-19-14(12-24-25-19)11-22(15,3)18(16)8-9-21(17,20)2/h12-13,15-18,20H,4-11H2,1-3H3,(H,24,25)/t13?,15-,16-,17-,18-,20-,21-,22-/m0/s1. The van der Waals surface area contributed by atoms with Gasteiger partial charge in [0, 0.05) is 5.69 Å². The Hall–Kier alpha value is -0.100. The van der Waals surface area contributed by atoms with Gasteiger partial charge in [0.2, 0.25) is 0 Å². The minimum Gasteiger partial charge on any atom is -0.364 e. The first-order chi connectivity index (χ1) is 12.4. The number of H-pyrrole nitrogens is 1. The molecule has 0 radical (unpaired) electrons. The average Bonchev–Trinajstić information content (AvgIpc) is 3.16. The number of rotatable bonds is 2. The van der Waals surface area contributed by atoms with E-state index in [1.165, 1.54) is 62.6 Å². The molecule has 1 heterocycles. The zero-order valence-electron chi connectivity index (χ0n) is 16.4. The minimum absolute atomic E-state index is 0.331. The molecular formula is C22H33IN2O. The highest BCUT2D eigenvalue weighted by molar-refractivity contribution is 14.1. The van der Waals surface area contributed by atoms with Crippen LogP contribution < -0.4 is 0 Å². The molecule has 144 valence electrons. The molecule has 8 atom stereocenters. The number of aromatic amines is 1. The summed E-state index contributed by atoms with van der Waals surface area (Å²) in [5.41, 5.74) is 3.83. The van der Waals surface area contributed by atoms with E-state index >= 15 is 0 Å². The Kier molecular flexibility index (Phi) is 4.28. The summed E-state index contributed by atoms with van der Waals surface area (Å²) in [6, 6.07) is 0. The van der Waals surface area contributed by atoms with Crippen LogP contribution in [-0.2, 0) is 17.6 Å². The lowest BCUT2D eigenvalue weighted by atomic mass is 9.45. The molecule has 0 aromatic carbocycles. The molecule has 5 rings (SSSR count). The molecule has 0 spiro atoms. The van der Waals surface area contributed by atoms with Crippen molar-refractivity contribution in [3.8, 4) is 0 Å². The summed E-state index contributed by atoms with van der Waals surface area (Å²) in [6.07, 6.45) is 13.4. The average molecular weight is 468 g/mol. The lowest BCUT2D eigenvalue weighted by Crippen LogP contribution is -2.55. The molecule has 1 unspecified atom stereocenters. The van der Waals surface area contributed by atoms with E-state index in [1.54, 1.807) is 0 Å². The van der Waals surface area contributed by atoms with Gasteiger partial charge in [-0.15, -0.1) is 0 Å². The smallest absolute Gasteiger partial charge is 0.106 e. The molecular weight excluding hydrogens is 435 g/mol. The molecule has 1 N–H and O–H groups in total. The summed E-state index contributed by atoms with van der Waals surface area (Å²) in [7, 11) is 0. The maximum absolute atomic E-state index is 6.41. The predicted molar refractivity (Wildman–Crippen MR) is 112 cm³/mol. The van der Waals surface area contributed by atoms with Crippen molar-refractivity contribution in [2.45, 2.75) is 82.4 Å². The van der Waals surface area contributed by atoms with Gasteiger partial charge in [0.1, 0.15) is 4.11 Å². The number of aromatic nitrogens is 2. The van der Waals surface area contributed by atoms with Gasteiger partial charge in [0.15, 0.2) is 0 Å². The van der Waals surface area contributed by atoms with Crippen molar-refractivity contribution < 1.29 is 4.74 Å². The van der Waals surface area contributed by atoms with Crippen molar-refractivity contribution in [3.63, 3.8) is 0 Å². The number of fused-ring (bicyclic) bond motifs is 6. The molecule has 1 aromatic heterocycles. The van der Waals surface area contributed by atoms with E-state index < -0.39 is 0 Å². The van der Waals surface area contributed by atoms with Crippen molar-refractivity contribution in [3.05, 3.63) is 17.5 Å². The van der Waals surface area contributed by atoms with Crippen LogP contribution in [0.3, 0.4) is 0 Å². The summed E-state index contributed by atoms with van der Waals surface area (Å²) in [5, 5.41) is 7.64. The largest absolute Gasteiger partial charge is 0.364 e. The first kappa shape index (κ1) is 18.0. The van der Waals surface area contributed by atoms with Crippen LogP contribution in [-0.4, -0.2) is 20.4 Å². The molecule has 3 nitrogen and oxygen atoms in total. The van der Waals surface area contributed by atoms with E-state index in [2.05, 4.69) is 59.8 Å². The molecule has 3 fully saturated rings. The van der Waals surface area contributed by atoms with E-state index in [-0.39, 0.29) is 0 Å². The van der Waals surface area contributed by atoms with Crippen molar-refractivity contribution >= 4 is 22.6 Å². The lowest BCUT2D eigenvalue weighted by Gasteiger charge is -2.60. The second-order valence-electron chi connectivity index (χ2n) is 10.2. The monoisotopic (exact) mass is 468 g/mol. The van der Waals surface area contributed by atoms with Crippen LogP contribution in [0.15, 0.2) is 6.20 Å². The second kappa shape index (κ2) is 6.20. The molecule has 0 amide bonds. The molecule has 4 aliphatic rings. The highest BCUT2D eigenvalue weighted by Gasteiger charge is 2.60. The molecule has 4 aliphatic carbocycles. The SMILES string of the molecule is CC(I)O[C@H]1CC[C@H]2[C@@H]3CC[C@H]4Cc5[nH]ncc5C[C@]4(C)[C@H]3CC[C@]12C. The summed E-state index contributed by atoms with van der Waals surface area (Å²) < 4.78 is 6.74. The highest BCUT2D eigenvalue weighted by Crippen LogP contribution is 2.66. The Labute approximate surface area is 171 Å². The van der Waals surface area contributed by atoms with Gasteiger partial charge in [0.05, 0.1) is 12.3 Å². The zero-order valence-corrected chi connectivity index (χ0v) is 18.6. The first-order valence-corrected chi connectivity index (χ1v) is 12.0. The van der Waals surface area contributed by atoms with Gasteiger partial charge in [-0.3, -0.25) is 5.10 Å². The number of nitrogens with zero attached hydrogens (tertiary/aromatic N) is 1. The second-order valence-corrected chi connectivity index (χ2v) is 12.0. The number of ether oxygens (including phenoxy) is 1. The molecule has 4 heteroatoms. The summed E-state index contributed by atoms with van der Waals surface area (Å²) in [5.74, 6) is 3.55. The van der Waals surface area contributed by atoms with Gasteiger partial charge in [-0.25, -0.2) is 0 Å². The van der Waals surface area contributed by atoms with Crippen LogP contribution in [0.2, 0.25) is 0 Å². The van der Waals surface area contributed by atoms with Crippen molar-refractivity contribution in [2.24, 2.45) is 34.5 Å². The highest BCUT2D eigenvalue weighted by atomic mass is 127. The third-order valence-corrected chi connectivity index (χ3v) is 9.45. The van der Waals surface area contributed by atoms with Crippen LogP contribution in [0.4, 0.5) is 0 Å². The van der Waals surface area contributed by atoms with Gasteiger partial charge < -0.3 is 4.74 Å². The zero-order chi connectivity index (χ0) is 18.1. The minimum atomic E-state index is 0.331. The number of alkyl halides is 1. The molecule has 26 heavy (non-hydrogen) atoms. The first-order valence-electron chi connectivity index (χ1n) is 10.7. The topological polar surface area (TPSA) is 37.9 Å². The van der Waals surface area contributed by atoms with Gasteiger partial charge >= 0.3 is 0 Å². The maximum Gasteiger partial charge on any atom is 0.106 e. The number of nitrogens with one attached hydrogen (secondary N) is 1. The van der Waals surface area contributed by atoms with Gasteiger partial charge in [-0.2, -0.15) is 5.10 Å². The Morgan fingerprint density at radius 3 is 2.77 bits per heavy atom. The predicted octanol–water partition coefficient (Wildman–Crippen LogP) is 5.53. The fourth-order valence-electron chi connectivity index (χ4n) is 7.87. The normalized spacial score (nSPS) is 48.2. The molecule has 0 saturated heterocycles. The molecule has 0 bridgehead atoms. The lowest BCUT2D eigenvalue weighted by molar-refractivity contribution is -0.123.